The van der Waals surface area contributed by atoms with E-state index in [1.807, 2.05) is 44.2 Å². The fraction of sp³-hybridized carbons (Fsp3) is 0.526. The predicted octanol–water partition coefficient (Wildman–Crippen LogP) is 2.05. The lowest BCUT2D eigenvalue weighted by Crippen LogP contribution is -2.46. The number of amides is 2. The Morgan fingerprint density at radius 2 is 1.83 bits per heavy atom. The first-order valence-electron chi connectivity index (χ1n) is 8.33. The molecule has 2 atom stereocenters. The minimum absolute atomic E-state index is 0.0424. The molecular weight excluding hydrogens is 304 g/mol. The molecule has 1 N–H and O–H groups in total. The summed E-state index contributed by atoms with van der Waals surface area (Å²) < 4.78 is 0. The van der Waals surface area contributed by atoms with Crippen LogP contribution in [0.15, 0.2) is 30.3 Å². The van der Waals surface area contributed by atoms with Crippen LogP contribution in [-0.2, 0) is 20.8 Å². The molecule has 0 fully saturated rings. The molecule has 1 aromatic rings. The van der Waals surface area contributed by atoms with Gasteiger partial charge in [-0.05, 0) is 31.2 Å². The second-order valence-corrected chi connectivity index (χ2v) is 6.73. The van der Waals surface area contributed by atoms with Crippen LogP contribution < -0.4 is 5.32 Å². The Morgan fingerprint density at radius 1 is 1.21 bits per heavy atom. The molecule has 0 saturated heterocycles. The van der Waals surface area contributed by atoms with E-state index >= 15 is 0 Å². The number of rotatable bonds is 10. The van der Waals surface area contributed by atoms with Gasteiger partial charge in [-0.25, -0.2) is 0 Å². The summed E-state index contributed by atoms with van der Waals surface area (Å²) in [4.78, 5) is 36.9. The highest BCUT2D eigenvalue weighted by Gasteiger charge is 2.25. The van der Waals surface area contributed by atoms with Crippen molar-refractivity contribution < 1.29 is 14.4 Å². The van der Waals surface area contributed by atoms with Gasteiger partial charge in [0.15, 0.2) is 5.78 Å². The second kappa shape index (κ2) is 9.85. The van der Waals surface area contributed by atoms with Gasteiger partial charge in [0.25, 0.3) is 0 Å². The molecule has 1 rings (SSSR count). The molecule has 0 radical (unpaired) electrons. The third kappa shape index (κ3) is 6.94. The van der Waals surface area contributed by atoms with E-state index in [2.05, 4.69) is 5.32 Å². The molecule has 0 spiro atoms. The topological polar surface area (TPSA) is 66.5 Å². The van der Waals surface area contributed by atoms with Crippen molar-refractivity contribution in [3.63, 3.8) is 0 Å². The van der Waals surface area contributed by atoms with Crippen LogP contribution in [0.1, 0.15) is 32.8 Å². The summed E-state index contributed by atoms with van der Waals surface area (Å²) in [6.07, 6.45) is 1.85. The van der Waals surface area contributed by atoms with Crippen LogP contribution in [0.2, 0.25) is 0 Å². The van der Waals surface area contributed by atoms with Crippen molar-refractivity contribution in [1.82, 2.24) is 10.2 Å². The van der Waals surface area contributed by atoms with E-state index in [4.69, 9.17) is 0 Å². The van der Waals surface area contributed by atoms with Gasteiger partial charge in [-0.2, -0.15) is 0 Å². The van der Waals surface area contributed by atoms with Gasteiger partial charge >= 0.3 is 0 Å². The maximum atomic E-state index is 12.7. The number of nitrogens with zero attached hydrogens (tertiary/aromatic N) is 1. The lowest BCUT2D eigenvalue weighted by molar-refractivity contribution is -0.131. The average Bonchev–Trinajstić information content (AvgIpc) is 2.53. The molecule has 132 valence electrons. The SMILES string of the molecule is CC(=O)[C@@H](CC(C)C)NC(=O)C(Cc1ccccc1)CN(C)C=O. The van der Waals surface area contributed by atoms with Crippen LogP contribution in [0.25, 0.3) is 0 Å². The number of benzene rings is 1. The van der Waals surface area contributed by atoms with Crippen LogP contribution in [0, 0.1) is 11.8 Å². The van der Waals surface area contributed by atoms with Crippen LogP contribution in [0.3, 0.4) is 0 Å². The summed E-state index contributed by atoms with van der Waals surface area (Å²) >= 11 is 0. The molecule has 1 aromatic carbocycles. The van der Waals surface area contributed by atoms with Gasteiger partial charge in [0.1, 0.15) is 0 Å². The summed E-state index contributed by atoms with van der Waals surface area (Å²) in [5.41, 5.74) is 1.03. The van der Waals surface area contributed by atoms with Gasteiger partial charge < -0.3 is 10.2 Å². The normalized spacial score (nSPS) is 13.2. The zero-order valence-electron chi connectivity index (χ0n) is 15.0. The van der Waals surface area contributed by atoms with Gasteiger partial charge in [-0.3, -0.25) is 14.4 Å². The number of Topliss-reactive ketones (excluding diaryl/α,β-unsaturated/α-hetero) is 1. The van der Waals surface area contributed by atoms with Crippen molar-refractivity contribution in [1.29, 1.82) is 0 Å². The maximum absolute atomic E-state index is 12.7. The fourth-order valence-corrected chi connectivity index (χ4v) is 2.62. The molecule has 0 aliphatic carbocycles. The summed E-state index contributed by atoms with van der Waals surface area (Å²) in [5.74, 6) is -0.311. The molecule has 1 unspecified atom stereocenters. The highest BCUT2D eigenvalue weighted by Crippen LogP contribution is 2.12. The Kier molecular flexibility index (Phi) is 8.16. The molecular formula is C19H28N2O3. The molecule has 5 heteroatoms. The van der Waals surface area contributed by atoms with Crippen LogP contribution in [0.5, 0.6) is 0 Å². The van der Waals surface area contributed by atoms with Crippen molar-refractivity contribution in [2.75, 3.05) is 13.6 Å². The lowest BCUT2D eigenvalue weighted by Gasteiger charge is -2.24. The third-order valence-electron chi connectivity index (χ3n) is 3.90. The molecule has 0 bridgehead atoms. The first-order valence-corrected chi connectivity index (χ1v) is 8.33. The van der Waals surface area contributed by atoms with Gasteiger partial charge in [-0.1, -0.05) is 44.2 Å². The monoisotopic (exact) mass is 332 g/mol. The first-order chi connectivity index (χ1) is 11.3. The number of carbonyl (C=O) groups excluding carboxylic acids is 3. The summed E-state index contributed by atoms with van der Waals surface area (Å²) in [6, 6.07) is 9.20. The van der Waals surface area contributed by atoms with Crippen LogP contribution in [0.4, 0.5) is 0 Å². The Labute approximate surface area is 144 Å². The third-order valence-corrected chi connectivity index (χ3v) is 3.90. The Bertz CT molecular complexity index is 543. The summed E-state index contributed by atoms with van der Waals surface area (Å²) in [6.45, 7) is 5.85. The second-order valence-electron chi connectivity index (χ2n) is 6.73. The lowest BCUT2D eigenvalue weighted by atomic mass is 9.95. The largest absolute Gasteiger partial charge is 0.348 e. The van der Waals surface area contributed by atoms with Crippen molar-refractivity contribution in [2.45, 2.75) is 39.7 Å². The van der Waals surface area contributed by atoms with Gasteiger partial charge in [0.05, 0.1) is 12.0 Å². The van der Waals surface area contributed by atoms with Crippen molar-refractivity contribution >= 4 is 18.1 Å². The summed E-state index contributed by atoms with van der Waals surface area (Å²) in [7, 11) is 1.65. The van der Waals surface area contributed by atoms with Crippen LogP contribution in [-0.4, -0.2) is 42.6 Å². The smallest absolute Gasteiger partial charge is 0.225 e. The Balaban J connectivity index is 2.85. The van der Waals surface area contributed by atoms with Crippen molar-refractivity contribution in [2.24, 2.45) is 11.8 Å². The Morgan fingerprint density at radius 3 is 2.33 bits per heavy atom. The maximum Gasteiger partial charge on any atom is 0.225 e. The van der Waals surface area contributed by atoms with Gasteiger partial charge in [-0.15, -0.1) is 0 Å². The van der Waals surface area contributed by atoms with E-state index < -0.39 is 12.0 Å². The van der Waals surface area contributed by atoms with Crippen molar-refractivity contribution in [3.8, 4) is 0 Å². The first kappa shape index (κ1) is 19.9. The Hall–Kier alpha value is -2.17. The average molecular weight is 332 g/mol. The van der Waals surface area contributed by atoms with Crippen molar-refractivity contribution in [3.05, 3.63) is 35.9 Å². The van der Waals surface area contributed by atoms with Crippen LogP contribution >= 0.6 is 0 Å². The summed E-state index contributed by atoms with van der Waals surface area (Å²) in [5, 5.41) is 2.87. The number of hydrogen-bond donors (Lipinski definition) is 1. The quantitative estimate of drug-likeness (QED) is 0.667. The highest BCUT2D eigenvalue weighted by molar-refractivity contribution is 5.88. The number of nitrogens with one attached hydrogen (secondary N) is 1. The number of hydrogen-bond acceptors (Lipinski definition) is 3. The highest BCUT2D eigenvalue weighted by atomic mass is 16.2. The van der Waals surface area contributed by atoms with Gasteiger partial charge in [0, 0.05) is 13.6 Å². The minimum atomic E-state index is -0.475. The number of ketones is 1. The zero-order valence-corrected chi connectivity index (χ0v) is 15.0. The van der Waals surface area contributed by atoms with E-state index in [-0.39, 0.29) is 11.7 Å². The molecule has 0 saturated carbocycles. The standard InChI is InChI=1S/C19H28N2O3/c1-14(2)10-18(15(3)23)20-19(24)17(12-21(4)13-22)11-16-8-6-5-7-9-16/h5-9,13-14,17-18H,10-12H2,1-4H3,(H,20,24)/t17?,18-/m1/s1. The molecule has 0 aliphatic heterocycles. The molecule has 24 heavy (non-hydrogen) atoms. The molecule has 0 aromatic heterocycles. The minimum Gasteiger partial charge on any atom is -0.348 e. The van der Waals surface area contributed by atoms with E-state index in [1.54, 1.807) is 7.05 Å². The van der Waals surface area contributed by atoms with E-state index in [1.165, 1.54) is 11.8 Å². The molecule has 2 amide bonds. The van der Waals surface area contributed by atoms with E-state index in [0.29, 0.717) is 31.7 Å². The van der Waals surface area contributed by atoms with E-state index in [9.17, 15) is 14.4 Å². The molecule has 0 heterocycles. The molecule has 0 aliphatic rings. The fourth-order valence-electron chi connectivity index (χ4n) is 2.62. The number of carbonyl (C=O) groups is 3. The van der Waals surface area contributed by atoms with Gasteiger partial charge in [0.2, 0.25) is 12.3 Å². The predicted molar refractivity (Wildman–Crippen MR) is 94.4 cm³/mol. The molecule has 5 nitrogen and oxygen atoms in total. The zero-order chi connectivity index (χ0) is 18.1. The van der Waals surface area contributed by atoms with E-state index in [0.717, 1.165) is 5.56 Å².